The molecule has 51 heavy (non-hydrogen) atoms. The van der Waals surface area contributed by atoms with E-state index >= 15 is 0 Å². The lowest BCUT2D eigenvalue weighted by atomic mass is 10.1. The van der Waals surface area contributed by atoms with Gasteiger partial charge in [0.25, 0.3) is 0 Å². The van der Waals surface area contributed by atoms with Crippen molar-refractivity contribution in [3.63, 3.8) is 0 Å². The number of hydrogen-bond acceptors (Lipinski definition) is 10. The number of methoxy groups -OCH3 is 2. The highest BCUT2D eigenvalue weighted by atomic mass is 16.5. The predicted octanol–water partition coefficient (Wildman–Crippen LogP) is 6.21. The largest absolute Gasteiger partial charge is 0.497 e. The molecule has 0 saturated carbocycles. The van der Waals surface area contributed by atoms with E-state index in [1.54, 1.807) is 19.1 Å². The van der Waals surface area contributed by atoms with Crippen LogP contribution >= 0.6 is 0 Å². The van der Waals surface area contributed by atoms with Crippen LogP contribution in [0.2, 0.25) is 0 Å². The molecule has 0 aliphatic carbocycles. The Labute approximate surface area is 298 Å². The minimum atomic E-state index is -0.219. The summed E-state index contributed by atoms with van der Waals surface area (Å²) in [5, 5.41) is 3.14. The molecule has 1 saturated heterocycles. The number of nitrogens with zero attached hydrogens (tertiary/aromatic N) is 7. The van der Waals surface area contributed by atoms with Gasteiger partial charge < -0.3 is 29.3 Å². The van der Waals surface area contributed by atoms with Gasteiger partial charge in [-0.15, -0.1) is 0 Å². The van der Waals surface area contributed by atoms with Crippen LogP contribution in [0.25, 0.3) is 11.3 Å². The molecule has 0 atom stereocenters. The van der Waals surface area contributed by atoms with Crippen LogP contribution in [0, 0.1) is 13.8 Å². The first-order chi connectivity index (χ1) is 24.9. The smallest absolute Gasteiger partial charge is 0.327 e. The lowest BCUT2D eigenvalue weighted by Crippen LogP contribution is -2.38. The highest BCUT2D eigenvalue weighted by Gasteiger charge is 2.32. The Hall–Kier alpha value is -5.75. The second-order valence-electron chi connectivity index (χ2n) is 12.7. The summed E-state index contributed by atoms with van der Waals surface area (Å²) < 4.78 is 16.4. The standard InChI is InChI=1S/C39H42N8O4/c1-26-6-5-7-27(2)34(26)43-39(48)47-17-16-33-35(42-38(44-36(33)47)45-18-20-51-21-19-45)30-22-40-37(41-23-30)46(24-28-8-12-31(49-3)13-9-28)25-29-10-14-32(50-4)15-11-29/h5-15,22-23H,16-21,24-25H2,1-4H3,(H,43,48). The molecule has 262 valence electrons. The zero-order chi connectivity index (χ0) is 35.3. The van der Waals surface area contributed by atoms with E-state index in [0.717, 1.165) is 56.3 Å². The molecule has 2 aromatic heterocycles. The summed E-state index contributed by atoms with van der Waals surface area (Å²) in [7, 11) is 3.33. The summed E-state index contributed by atoms with van der Waals surface area (Å²) in [6, 6.07) is 21.8. The van der Waals surface area contributed by atoms with E-state index < -0.39 is 0 Å². The van der Waals surface area contributed by atoms with Gasteiger partial charge in [0, 0.05) is 61.9 Å². The first kappa shape index (κ1) is 33.7. The van der Waals surface area contributed by atoms with E-state index in [4.69, 9.17) is 34.1 Å². The number of anilines is 4. The number of carbonyl (C=O) groups is 1. The number of nitrogens with one attached hydrogen (secondary N) is 1. The number of rotatable bonds is 10. The number of morpholine rings is 1. The molecule has 4 heterocycles. The molecular formula is C39H42N8O4. The van der Waals surface area contributed by atoms with Crippen LogP contribution < -0.4 is 29.5 Å². The Morgan fingerprint density at radius 1 is 0.824 bits per heavy atom. The second-order valence-corrected chi connectivity index (χ2v) is 12.7. The molecule has 0 unspecified atom stereocenters. The SMILES string of the molecule is COc1ccc(CN(Cc2ccc(OC)cc2)c2ncc(-c3nc(N4CCOCC4)nc4c3CCN4C(=O)Nc3c(C)cccc3C)cn2)cc1. The van der Waals surface area contributed by atoms with Crippen LogP contribution in [0.15, 0.2) is 79.1 Å². The van der Waals surface area contributed by atoms with Crippen molar-refractivity contribution >= 4 is 29.4 Å². The molecule has 2 amide bonds. The van der Waals surface area contributed by atoms with Crippen molar-refractivity contribution in [3.8, 4) is 22.8 Å². The Morgan fingerprint density at radius 3 is 1.98 bits per heavy atom. The quantitative estimate of drug-likeness (QED) is 0.182. The van der Waals surface area contributed by atoms with Crippen LogP contribution in [-0.4, -0.2) is 73.0 Å². The van der Waals surface area contributed by atoms with Gasteiger partial charge >= 0.3 is 6.03 Å². The fourth-order valence-corrected chi connectivity index (χ4v) is 6.48. The first-order valence-electron chi connectivity index (χ1n) is 17.1. The third-order valence-corrected chi connectivity index (χ3v) is 9.33. The maximum Gasteiger partial charge on any atom is 0.327 e. The number of benzene rings is 3. The number of carbonyl (C=O) groups excluding carboxylic acids is 1. The van der Waals surface area contributed by atoms with Crippen LogP contribution in [0.4, 0.5) is 28.2 Å². The molecule has 0 radical (unpaired) electrons. The molecule has 5 aromatic rings. The van der Waals surface area contributed by atoms with E-state index in [-0.39, 0.29) is 6.03 Å². The third-order valence-electron chi connectivity index (χ3n) is 9.33. The van der Waals surface area contributed by atoms with Gasteiger partial charge in [-0.25, -0.2) is 19.7 Å². The van der Waals surface area contributed by atoms with Gasteiger partial charge in [0.05, 0.1) is 33.1 Å². The summed E-state index contributed by atoms with van der Waals surface area (Å²) in [5.74, 6) is 3.35. The summed E-state index contributed by atoms with van der Waals surface area (Å²) in [6.45, 7) is 8.14. The van der Waals surface area contributed by atoms with Gasteiger partial charge in [0.2, 0.25) is 11.9 Å². The van der Waals surface area contributed by atoms with Crippen molar-refractivity contribution in [1.29, 1.82) is 0 Å². The van der Waals surface area contributed by atoms with E-state index in [0.29, 0.717) is 70.1 Å². The molecule has 1 N–H and O–H groups in total. The number of fused-ring (bicyclic) bond motifs is 1. The first-order valence-corrected chi connectivity index (χ1v) is 17.1. The molecule has 2 aliphatic rings. The normalized spacial score (nSPS) is 13.9. The molecule has 12 heteroatoms. The summed E-state index contributed by atoms with van der Waals surface area (Å²) in [4.78, 5) is 39.6. The number of ether oxygens (including phenoxy) is 3. The summed E-state index contributed by atoms with van der Waals surface area (Å²) in [5.41, 5.74) is 7.41. The average molecular weight is 687 g/mol. The van der Waals surface area contributed by atoms with Crippen molar-refractivity contribution in [3.05, 3.63) is 107 Å². The van der Waals surface area contributed by atoms with Crippen molar-refractivity contribution in [2.75, 3.05) is 67.1 Å². The highest BCUT2D eigenvalue weighted by Crippen LogP contribution is 2.36. The Morgan fingerprint density at radius 2 is 1.41 bits per heavy atom. The molecule has 7 rings (SSSR count). The van der Waals surface area contributed by atoms with Crippen molar-refractivity contribution < 1.29 is 19.0 Å². The zero-order valence-corrected chi connectivity index (χ0v) is 29.4. The summed E-state index contributed by atoms with van der Waals surface area (Å²) in [6.07, 6.45) is 4.25. The van der Waals surface area contributed by atoms with Gasteiger partial charge in [-0.1, -0.05) is 42.5 Å². The molecule has 0 spiro atoms. The van der Waals surface area contributed by atoms with Crippen LogP contribution in [0.1, 0.15) is 27.8 Å². The number of urea groups is 1. The van der Waals surface area contributed by atoms with Crippen molar-refractivity contribution in [2.24, 2.45) is 0 Å². The molecular weight excluding hydrogens is 644 g/mol. The lowest BCUT2D eigenvalue weighted by molar-refractivity contribution is 0.122. The lowest BCUT2D eigenvalue weighted by Gasteiger charge is -2.28. The molecule has 12 nitrogen and oxygen atoms in total. The Bertz CT molecular complexity index is 1910. The number of hydrogen-bond donors (Lipinski definition) is 1. The van der Waals surface area contributed by atoms with Crippen LogP contribution in [0.3, 0.4) is 0 Å². The van der Waals surface area contributed by atoms with E-state index in [2.05, 4.69) is 15.1 Å². The van der Waals surface area contributed by atoms with Crippen LogP contribution in [-0.2, 0) is 24.2 Å². The van der Waals surface area contributed by atoms with Gasteiger partial charge in [0.15, 0.2) is 0 Å². The van der Waals surface area contributed by atoms with Crippen molar-refractivity contribution in [2.45, 2.75) is 33.4 Å². The second kappa shape index (κ2) is 15.0. The van der Waals surface area contributed by atoms with Crippen molar-refractivity contribution in [1.82, 2.24) is 19.9 Å². The molecule has 0 bridgehead atoms. The predicted molar refractivity (Wildman–Crippen MR) is 198 cm³/mol. The fraction of sp³-hybridized carbons (Fsp3) is 0.308. The monoisotopic (exact) mass is 686 g/mol. The zero-order valence-electron chi connectivity index (χ0n) is 29.4. The fourth-order valence-electron chi connectivity index (χ4n) is 6.48. The number of aromatic nitrogens is 4. The third kappa shape index (κ3) is 7.41. The van der Waals surface area contributed by atoms with E-state index in [9.17, 15) is 4.79 Å². The molecule has 1 fully saturated rings. The summed E-state index contributed by atoms with van der Waals surface area (Å²) >= 11 is 0. The average Bonchev–Trinajstić information content (AvgIpc) is 3.61. The minimum Gasteiger partial charge on any atom is -0.497 e. The Balaban J connectivity index is 1.22. The van der Waals surface area contributed by atoms with E-state index in [1.807, 2.05) is 93.0 Å². The maximum atomic E-state index is 13.8. The highest BCUT2D eigenvalue weighted by molar-refractivity contribution is 6.04. The number of amides is 2. The van der Waals surface area contributed by atoms with Gasteiger partial charge in [0.1, 0.15) is 17.3 Å². The van der Waals surface area contributed by atoms with E-state index in [1.165, 1.54) is 0 Å². The number of para-hydroxylation sites is 1. The number of aryl methyl sites for hydroxylation is 2. The minimum absolute atomic E-state index is 0.219. The van der Waals surface area contributed by atoms with Gasteiger partial charge in [-0.3, -0.25) is 4.90 Å². The van der Waals surface area contributed by atoms with Gasteiger partial charge in [-0.05, 0) is 66.8 Å². The molecule has 2 aliphatic heterocycles. The Kier molecular flexibility index (Phi) is 9.93. The van der Waals surface area contributed by atoms with Crippen LogP contribution in [0.5, 0.6) is 11.5 Å². The van der Waals surface area contributed by atoms with Gasteiger partial charge in [-0.2, -0.15) is 4.98 Å². The molecule has 3 aromatic carbocycles. The topological polar surface area (TPSA) is 118 Å². The maximum absolute atomic E-state index is 13.8.